The summed E-state index contributed by atoms with van der Waals surface area (Å²) in [7, 11) is 3.19. The van der Waals surface area contributed by atoms with Crippen LogP contribution in [0.2, 0.25) is 0 Å². The Morgan fingerprint density at radius 3 is 2.24 bits per heavy atom. The van der Waals surface area contributed by atoms with Gasteiger partial charge in [0.2, 0.25) is 0 Å². The number of aromatic nitrogens is 1. The second kappa shape index (κ2) is 6.31. The van der Waals surface area contributed by atoms with E-state index in [0.717, 1.165) is 24.0 Å². The van der Waals surface area contributed by atoms with Gasteiger partial charge in [0.15, 0.2) is 11.5 Å². The van der Waals surface area contributed by atoms with Crippen LogP contribution in [0.3, 0.4) is 0 Å². The van der Waals surface area contributed by atoms with Gasteiger partial charge in [-0.1, -0.05) is 0 Å². The third kappa shape index (κ3) is 2.70. The molecule has 0 aliphatic heterocycles. The van der Waals surface area contributed by atoms with Gasteiger partial charge in [0, 0.05) is 24.5 Å². The van der Waals surface area contributed by atoms with Crippen molar-refractivity contribution in [1.29, 1.82) is 5.26 Å². The third-order valence-corrected chi connectivity index (χ3v) is 3.48. The van der Waals surface area contributed by atoms with Crippen molar-refractivity contribution in [2.45, 2.75) is 13.8 Å². The van der Waals surface area contributed by atoms with Crippen molar-refractivity contribution >= 4 is 16.7 Å². The van der Waals surface area contributed by atoms with E-state index in [-0.39, 0.29) is 0 Å². The first kappa shape index (κ1) is 14.9. The zero-order valence-corrected chi connectivity index (χ0v) is 12.8. The molecule has 0 aliphatic rings. The smallest absolute Gasteiger partial charge is 0.162 e. The van der Waals surface area contributed by atoms with Crippen LogP contribution in [0.25, 0.3) is 10.9 Å². The molecule has 0 amide bonds. The molecule has 0 spiro atoms. The molecule has 0 N–H and O–H groups in total. The summed E-state index contributed by atoms with van der Waals surface area (Å²) in [5.74, 6) is 1.97. The molecule has 0 saturated carbocycles. The van der Waals surface area contributed by atoms with E-state index >= 15 is 0 Å². The van der Waals surface area contributed by atoms with Crippen LogP contribution in [-0.2, 0) is 0 Å². The molecule has 0 saturated heterocycles. The van der Waals surface area contributed by atoms with E-state index in [2.05, 4.69) is 16.0 Å². The normalized spacial score (nSPS) is 10.2. The number of nitrogens with zero attached hydrogens (tertiary/aromatic N) is 3. The Morgan fingerprint density at radius 1 is 1.10 bits per heavy atom. The van der Waals surface area contributed by atoms with Crippen molar-refractivity contribution in [1.82, 2.24) is 4.98 Å². The second-order valence-electron chi connectivity index (χ2n) is 4.54. The fourth-order valence-corrected chi connectivity index (χ4v) is 2.34. The van der Waals surface area contributed by atoms with E-state index in [4.69, 9.17) is 9.47 Å². The quantitative estimate of drug-likeness (QED) is 0.845. The lowest BCUT2D eigenvalue weighted by molar-refractivity contribution is 0.356. The number of anilines is 1. The molecule has 0 fully saturated rings. The molecule has 1 aromatic carbocycles. The molecule has 1 heterocycles. The fourth-order valence-electron chi connectivity index (χ4n) is 2.34. The lowest BCUT2D eigenvalue weighted by Crippen LogP contribution is -2.24. The molecule has 5 heteroatoms. The topological polar surface area (TPSA) is 58.4 Å². The highest BCUT2D eigenvalue weighted by molar-refractivity contribution is 5.86. The molecule has 110 valence electrons. The van der Waals surface area contributed by atoms with Gasteiger partial charge in [0.1, 0.15) is 11.9 Å². The van der Waals surface area contributed by atoms with E-state index in [0.29, 0.717) is 22.9 Å². The summed E-state index contributed by atoms with van der Waals surface area (Å²) in [4.78, 5) is 6.70. The summed E-state index contributed by atoms with van der Waals surface area (Å²) in [6.45, 7) is 5.70. The maximum atomic E-state index is 9.37. The van der Waals surface area contributed by atoms with Crippen LogP contribution in [0.1, 0.15) is 19.4 Å². The standard InChI is InChI=1S/C16H19N3O2/c1-5-19(6-2)16-12(10-17)7-11-8-14(20-3)15(21-4)9-13(11)18-16/h7-9H,5-6H2,1-4H3. The second-order valence-corrected chi connectivity index (χ2v) is 4.54. The minimum atomic E-state index is 0.568. The van der Waals surface area contributed by atoms with E-state index in [1.165, 1.54) is 0 Å². The number of methoxy groups -OCH3 is 2. The lowest BCUT2D eigenvalue weighted by Gasteiger charge is -2.21. The van der Waals surface area contributed by atoms with Gasteiger partial charge < -0.3 is 14.4 Å². The first-order valence-corrected chi connectivity index (χ1v) is 6.90. The van der Waals surface area contributed by atoms with Gasteiger partial charge in [-0.2, -0.15) is 5.26 Å². The third-order valence-electron chi connectivity index (χ3n) is 3.48. The van der Waals surface area contributed by atoms with Gasteiger partial charge in [-0.3, -0.25) is 0 Å². The Kier molecular flexibility index (Phi) is 4.49. The van der Waals surface area contributed by atoms with Gasteiger partial charge in [-0.05, 0) is 26.0 Å². The molecule has 0 unspecified atom stereocenters. The number of pyridine rings is 1. The minimum Gasteiger partial charge on any atom is -0.493 e. The van der Waals surface area contributed by atoms with Crippen LogP contribution in [0.15, 0.2) is 18.2 Å². The zero-order chi connectivity index (χ0) is 15.4. The summed E-state index contributed by atoms with van der Waals surface area (Å²) in [5.41, 5.74) is 1.35. The minimum absolute atomic E-state index is 0.568. The predicted octanol–water partition coefficient (Wildman–Crippen LogP) is 2.97. The average Bonchev–Trinajstić information content (AvgIpc) is 2.53. The maximum absolute atomic E-state index is 9.37. The molecule has 0 bridgehead atoms. The van der Waals surface area contributed by atoms with Crippen LogP contribution in [0, 0.1) is 11.3 Å². The number of ether oxygens (including phenoxy) is 2. The van der Waals surface area contributed by atoms with Gasteiger partial charge in [-0.25, -0.2) is 4.98 Å². The van der Waals surface area contributed by atoms with Gasteiger partial charge in [-0.15, -0.1) is 0 Å². The van der Waals surface area contributed by atoms with Crippen LogP contribution in [0.5, 0.6) is 11.5 Å². The van der Waals surface area contributed by atoms with Crippen molar-refractivity contribution in [3.8, 4) is 17.6 Å². The molecule has 2 aromatic rings. The van der Waals surface area contributed by atoms with Gasteiger partial charge in [0.25, 0.3) is 0 Å². The molecular weight excluding hydrogens is 266 g/mol. The van der Waals surface area contributed by atoms with Crippen LogP contribution < -0.4 is 14.4 Å². The Labute approximate surface area is 124 Å². The van der Waals surface area contributed by atoms with Gasteiger partial charge >= 0.3 is 0 Å². The number of nitriles is 1. The summed E-state index contributed by atoms with van der Waals surface area (Å²) in [5, 5.41) is 10.2. The SMILES string of the molecule is CCN(CC)c1nc2cc(OC)c(OC)cc2cc1C#N. The molecule has 1 aromatic heterocycles. The monoisotopic (exact) mass is 285 g/mol. The summed E-state index contributed by atoms with van der Waals surface area (Å²) in [6, 6.07) is 7.75. The number of fused-ring (bicyclic) bond motifs is 1. The summed E-state index contributed by atoms with van der Waals surface area (Å²) in [6.07, 6.45) is 0. The van der Waals surface area contributed by atoms with Crippen LogP contribution in [0.4, 0.5) is 5.82 Å². The molecule has 0 atom stereocenters. The highest BCUT2D eigenvalue weighted by Crippen LogP contribution is 2.33. The largest absolute Gasteiger partial charge is 0.493 e. The first-order chi connectivity index (χ1) is 10.2. The Bertz CT molecular complexity index is 688. The lowest BCUT2D eigenvalue weighted by atomic mass is 10.1. The molecule has 0 radical (unpaired) electrons. The van der Waals surface area contributed by atoms with Crippen molar-refractivity contribution < 1.29 is 9.47 Å². The number of rotatable bonds is 5. The number of hydrogen-bond acceptors (Lipinski definition) is 5. The average molecular weight is 285 g/mol. The van der Waals surface area contributed by atoms with Crippen molar-refractivity contribution in [3.05, 3.63) is 23.8 Å². The van der Waals surface area contributed by atoms with Gasteiger partial charge in [0.05, 0.1) is 25.3 Å². The number of benzene rings is 1. The maximum Gasteiger partial charge on any atom is 0.162 e. The molecule has 21 heavy (non-hydrogen) atoms. The van der Waals surface area contributed by atoms with Crippen molar-refractivity contribution in [2.24, 2.45) is 0 Å². The highest BCUT2D eigenvalue weighted by atomic mass is 16.5. The van der Waals surface area contributed by atoms with E-state index < -0.39 is 0 Å². The Hall–Kier alpha value is -2.48. The molecule has 2 rings (SSSR count). The van der Waals surface area contributed by atoms with E-state index in [1.54, 1.807) is 14.2 Å². The summed E-state index contributed by atoms with van der Waals surface area (Å²) >= 11 is 0. The van der Waals surface area contributed by atoms with E-state index in [1.807, 2.05) is 32.0 Å². The molecule has 5 nitrogen and oxygen atoms in total. The molecule has 0 aliphatic carbocycles. The van der Waals surface area contributed by atoms with Crippen LogP contribution >= 0.6 is 0 Å². The predicted molar refractivity (Wildman–Crippen MR) is 83.1 cm³/mol. The van der Waals surface area contributed by atoms with Crippen LogP contribution in [-0.4, -0.2) is 32.3 Å². The molecular formula is C16H19N3O2. The Balaban J connectivity index is 2.70. The fraction of sp³-hybridized carbons (Fsp3) is 0.375. The zero-order valence-electron chi connectivity index (χ0n) is 12.8. The first-order valence-electron chi connectivity index (χ1n) is 6.90. The van der Waals surface area contributed by atoms with Crippen molar-refractivity contribution in [3.63, 3.8) is 0 Å². The highest BCUT2D eigenvalue weighted by Gasteiger charge is 2.14. The van der Waals surface area contributed by atoms with Crippen molar-refractivity contribution in [2.75, 3.05) is 32.2 Å². The Morgan fingerprint density at radius 2 is 1.71 bits per heavy atom. The number of hydrogen-bond donors (Lipinski definition) is 0. The summed E-state index contributed by atoms with van der Waals surface area (Å²) < 4.78 is 10.6. The van der Waals surface area contributed by atoms with E-state index in [9.17, 15) is 5.26 Å².